The lowest BCUT2D eigenvalue weighted by Gasteiger charge is -2.10. The summed E-state index contributed by atoms with van der Waals surface area (Å²) in [4.78, 5) is 4.27. The molecule has 0 bridgehead atoms. The number of hydrogen-bond donors (Lipinski definition) is 0. The first-order valence-corrected chi connectivity index (χ1v) is 6.53. The molecule has 0 unspecified atom stereocenters. The highest BCUT2D eigenvalue weighted by molar-refractivity contribution is 6.42. The standard InChI is InChI=1S/C13H14Cl2N2O2/c1-13(2,3)12-16-10(17-19-12)7-18-9-6-4-5-8(14)11(9)15/h4-6H,7H2,1-3H3. The van der Waals surface area contributed by atoms with Gasteiger partial charge in [-0.1, -0.05) is 55.2 Å². The molecule has 0 aliphatic heterocycles. The van der Waals surface area contributed by atoms with Crippen LogP contribution in [0.25, 0.3) is 0 Å². The van der Waals surface area contributed by atoms with Gasteiger partial charge in [0.2, 0.25) is 11.7 Å². The van der Waals surface area contributed by atoms with Crippen LogP contribution < -0.4 is 4.74 Å². The van der Waals surface area contributed by atoms with Gasteiger partial charge in [0, 0.05) is 5.41 Å². The van der Waals surface area contributed by atoms with Gasteiger partial charge in [-0.25, -0.2) is 0 Å². The molecule has 1 aromatic carbocycles. The molecular formula is C13H14Cl2N2O2. The molecule has 0 saturated heterocycles. The van der Waals surface area contributed by atoms with Crippen molar-refractivity contribution in [2.24, 2.45) is 0 Å². The Hall–Kier alpha value is -1.26. The summed E-state index contributed by atoms with van der Waals surface area (Å²) in [5, 5.41) is 4.69. The molecular weight excluding hydrogens is 287 g/mol. The molecule has 1 heterocycles. The monoisotopic (exact) mass is 300 g/mol. The van der Waals surface area contributed by atoms with Gasteiger partial charge in [-0.15, -0.1) is 0 Å². The van der Waals surface area contributed by atoms with E-state index in [4.69, 9.17) is 32.5 Å². The van der Waals surface area contributed by atoms with E-state index in [2.05, 4.69) is 10.1 Å². The van der Waals surface area contributed by atoms with Crippen LogP contribution in [-0.2, 0) is 12.0 Å². The van der Waals surface area contributed by atoms with Crippen molar-refractivity contribution in [1.29, 1.82) is 0 Å². The Bertz CT molecular complexity index is 576. The van der Waals surface area contributed by atoms with Crippen LogP contribution in [0.3, 0.4) is 0 Å². The average molecular weight is 301 g/mol. The van der Waals surface area contributed by atoms with E-state index in [1.54, 1.807) is 18.2 Å². The van der Waals surface area contributed by atoms with E-state index in [1.807, 2.05) is 20.8 Å². The Morgan fingerprint density at radius 3 is 2.63 bits per heavy atom. The van der Waals surface area contributed by atoms with Crippen molar-refractivity contribution in [3.05, 3.63) is 40.0 Å². The third-order valence-corrected chi connectivity index (χ3v) is 3.18. The van der Waals surface area contributed by atoms with Gasteiger partial charge in [0.15, 0.2) is 6.61 Å². The quantitative estimate of drug-likeness (QED) is 0.850. The summed E-state index contributed by atoms with van der Waals surface area (Å²) in [7, 11) is 0. The second-order valence-electron chi connectivity index (χ2n) is 5.11. The van der Waals surface area contributed by atoms with Crippen molar-refractivity contribution in [1.82, 2.24) is 10.1 Å². The first-order valence-electron chi connectivity index (χ1n) is 5.78. The minimum Gasteiger partial charge on any atom is -0.484 e. The summed E-state index contributed by atoms with van der Waals surface area (Å²) in [5.41, 5.74) is -0.182. The van der Waals surface area contributed by atoms with E-state index in [9.17, 15) is 0 Å². The maximum absolute atomic E-state index is 6.02. The molecule has 0 radical (unpaired) electrons. The fourth-order valence-electron chi connectivity index (χ4n) is 1.36. The SMILES string of the molecule is CC(C)(C)c1nc(COc2cccc(Cl)c2Cl)no1. The molecule has 0 fully saturated rings. The summed E-state index contributed by atoms with van der Waals surface area (Å²) in [6, 6.07) is 5.20. The average Bonchev–Trinajstić information content (AvgIpc) is 2.79. The fourth-order valence-corrected chi connectivity index (χ4v) is 1.70. The lowest BCUT2D eigenvalue weighted by Crippen LogP contribution is -2.11. The molecule has 0 N–H and O–H groups in total. The molecule has 4 nitrogen and oxygen atoms in total. The summed E-state index contributed by atoms with van der Waals surface area (Å²) in [5.74, 6) is 1.54. The van der Waals surface area contributed by atoms with E-state index >= 15 is 0 Å². The Morgan fingerprint density at radius 1 is 1.26 bits per heavy atom. The Balaban J connectivity index is 2.07. The highest BCUT2D eigenvalue weighted by Crippen LogP contribution is 2.31. The van der Waals surface area contributed by atoms with Gasteiger partial charge in [-0.3, -0.25) is 0 Å². The topological polar surface area (TPSA) is 48.2 Å². The summed E-state index contributed by atoms with van der Waals surface area (Å²) in [6.45, 7) is 6.18. The molecule has 0 amide bonds. The van der Waals surface area contributed by atoms with Gasteiger partial charge in [0.05, 0.1) is 5.02 Å². The van der Waals surface area contributed by atoms with E-state index in [0.29, 0.717) is 27.5 Å². The Morgan fingerprint density at radius 2 is 2.00 bits per heavy atom. The minimum atomic E-state index is -0.182. The van der Waals surface area contributed by atoms with E-state index < -0.39 is 0 Å². The molecule has 6 heteroatoms. The molecule has 0 aliphatic rings. The molecule has 2 rings (SSSR count). The van der Waals surface area contributed by atoms with Crippen molar-refractivity contribution in [3.8, 4) is 5.75 Å². The van der Waals surface area contributed by atoms with Crippen LogP contribution in [0.15, 0.2) is 22.7 Å². The molecule has 0 atom stereocenters. The number of hydrogen-bond acceptors (Lipinski definition) is 4. The van der Waals surface area contributed by atoms with Crippen molar-refractivity contribution in [3.63, 3.8) is 0 Å². The molecule has 2 aromatic rings. The van der Waals surface area contributed by atoms with Gasteiger partial charge >= 0.3 is 0 Å². The molecule has 102 valence electrons. The van der Waals surface area contributed by atoms with Crippen molar-refractivity contribution >= 4 is 23.2 Å². The number of halogens is 2. The predicted molar refractivity (Wildman–Crippen MR) is 73.8 cm³/mol. The third-order valence-electron chi connectivity index (χ3n) is 2.38. The predicted octanol–water partition coefficient (Wildman–Crippen LogP) is 4.25. The van der Waals surface area contributed by atoms with Crippen LogP contribution in [0, 0.1) is 0 Å². The van der Waals surface area contributed by atoms with Crippen LogP contribution >= 0.6 is 23.2 Å². The normalized spacial score (nSPS) is 11.6. The fraction of sp³-hybridized carbons (Fsp3) is 0.385. The van der Waals surface area contributed by atoms with Crippen LogP contribution in [0.2, 0.25) is 10.0 Å². The maximum Gasteiger partial charge on any atom is 0.232 e. The molecule has 0 saturated carbocycles. The highest BCUT2D eigenvalue weighted by Gasteiger charge is 2.21. The zero-order chi connectivity index (χ0) is 14.0. The molecule has 0 spiro atoms. The van der Waals surface area contributed by atoms with Crippen LogP contribution in [0.1, 0.15) is 32.5 Å². The van der Waals surface area contributed by atoms with Gasteiger partial charge in [0.25, 0.3) is 0 Å². The zero-order valence-electron chi connectivity index (χ0n) is 10.9. The first-order chi connectivity index (χ1) is 8.88. The van der Waals surface area contributed by atoms with Crippen LogP contribution in [-0.4, -0.2) is 10.1 Å². The lowest BCUT2D eigenvalue weighted by molar-refractivity contribution is 0.280. The number of aromatic nitrogens is 2. The molecule has 0 aliphatic carbocycles. The van der Waals surface area contributed by atoms with Gasteiger partial charge in [-0.2, -0.15) is 4.98 Å². The molecule has 1 aromatic heterocycles. The summed E-state index contributed by atoms with van der Waals surface area (Å²) in [6.07, 6.45) is 0. The number of ether oxygens (including phenoxy) is 1. The summed E-state index contributed by atoms with van der Waals surface area (Å²) < 4.78 is 10.7. The number of benzene rings is 1. The van der Waals surface area contributed by atoms with Gasteiger partial charge in [-0.05, 0) is 12.1 Å². The smallest absolute Gasteiger partial charge is 0.232 e. The first kappa shape index (κ1) is 14.2. The Labute approximate surface area is 121 Å². The van der Waals surface area contributed by atoms with Crippen LogP contribution in [0.5, 0.6) is 5.75 Å². The third kappa shape index (κ3) is 3.39. The number of nitrogens with zero attached hydrogens (tertiary/aromatic N) is 2. The molecule has 19 heavy (non-hydrogen) atoms. The zero-order valence-corrected chi connectivity index (χ0v) is 12.4. The Kier molecular flexibility index (Phi) is 4.02. The highest BCUT2D eigenvalue weighted by atomic mass is 35.5. The summed E-state index contributed by atoms with van der Waals surface area (Å²) >= 11 is 11.9. The van der Waals surface area contributed by atoms with Crippen LogP contribution in [0.4, 0.5) is 0 Å². The van der Waals surface area contributed by atoms with Gasteiger partial charge < -0.3 is 9.26 Å². The largest absolute Gasteiger partial charge is 0.484 e. The lowest BCUT2D eigenvalue weighted by atomic mass is 9.97. The number of rotatable bonds is 3. The minimum absolute atomic E-state index is 0.180. The van der Waals surface area contributed by atoms with Crippen molar-refractivity contribution in [2.75, 3.05) is 0 Å². The second-order valence-corrected chi connectivity index (χ2v) is 5.89. The van der Waals surface area contributed by atoms with E-state index in [-0.39, 0.29) is 12.0 Å². The maximum atomic E-state index is 6.02. The van der Waals surface area contributed by atoms with Crippen molar-refractivity contribution in [2.45, 2.75) is 32.8 Å². The van der Waals surface area contributed by atoms with Crippen molar-refractivity contribution < 1.29 is 9.26 Å². The van der Waals surface area contributed by atoms with E-state index in [0.717, 1.165) is 0 Å². The second kappa shape index (κ2) is 5.39. The van der Waals surface area contributed by atoms with Gasteiger partial charge in [0.1, 0.15) is 10.8 Å². The van der Waals surface area contributed by atoms with E-state index in [1.165, 1.54) is 0 Å².